The van der Waals surface area contributed by atoms with Crippen molar-refractivity contribution in [3.63, 3.8) is 0 Å². The number of carboxylic acids is 1. The lowest BCUT2D eigenvalue weighted by Crippen LogP contribution is -2.42. The van der Waals surface area contributed by atoms with Gasteiger partial charge in [0.15, 0.2) is 0 Å². The summed E-state index contributed by atoms with van der Waals surface area (Å²) in [5.74, 6) is -1.49. The second-order valence-corrected chi connectivity index (χ2v) is 4.86. The van der Waals surface area contributed by atoms with Crippen molar-refractivity contribution in [2.45, 2.75) is 26.3 Å². The topological polar surface area (TPSA) is 95.1 Å². The minimum atomic E-state index is -1.06. The molecule has 3 N–H and O–H groups in total. The Morgan fingerprint density at radius 1 is 1.29 bits per heavy atom. The summed E-state index contributed by atoms with van der Waals surface area (Å²) in [7, 11) is 0. The van der Waals surface area contributed by atoms with Crippen LogP contribution in [0.4, 0.5) is 0 Å². The Hall–Kier alpha value is -2.63. The molecule has 0 aliphatic rings. The largest absolute Gasteiger partial charge is 0.480 e. The number of nitrogens with one attached hydrogen (secondary N) is 2. The van der Waals surface area contributed by atoms with Crippen molar-refractivity contribution in [3.05, 3.63) is 52.8 Å². The molecule has 1 aromatic heterocycles. The summed E-state index contributed by atoms with van der Waals surface area (Å²) in [5, 5.41) is 18.5. The molecule has 6 nitrogen and oxygen atoms in total. The number of hydrogen-bond donors (Lipinski definition) is 3. The number of hydrogen-bond acceptors (Lipinski definition) is 3. The number of rotatable bonds is 5. The van der Waals surface area contributed by atoms with Gasteiger partial charge in [-0.2, -0.15) is 5.10 Å². The molecule has 0 spiro atoms. The lowest BCUT2D eigenvalue weighted by Gasteiger charge is -2.14. The first-order valence-electron chi connectivity index (χ1n) is 6.58. The second-order valence-electron chi connectivity index (χ2n) is 4.86. The van der Waals surface area contributed by atoms with Crippen molar-refractivity contribution in [2.75, 3.05) is 0 Å². The highest BCUT2D eigenvalue weighted by molar-refractivity contribution is 5.98. The van der Waals surface area contributed by atoms with Crippen LogP contribution in [0.3, 0.4) is 0 Å². The van der Waals surface area contributed by atoms with Crippen LogP contribution in [0.5, 0.6) is 0 Å². The minimum absolute atomic E-state index is 0.234. The van der Waals surface area contributed by atoms with E-state index >= 15 is 0 Å². The number of aliphatic carboxylic acids is 1. The van der Waals surface area contributed by atoms with Gasteiger partial charge in [-0.25, -0.2) is 4.79 Å². The number of H-pyrrole nitrogens is 1. The predicted octanol–water partition coefficient (Wildman–Crippen LogP) is 1.45. The molecule has 0 aliphatic carbocycles. The summed E-state index contributed by atoms with van der Waals surface area (Å²) < 4.78 is 0. The zero-order chi connectivity index (χ0) is 15.4. The highest BCUT2D eigenvalue weighted by atomic mass is 16.4. The van der Waals surface area contributed by atoms with Gasteiger partial charge in [0.25, 0.3) is 5.91 Å². The van der Waals surface area contributed by atoms with E-state index in [0.29, 0.717) is 17.0 Å². The highest BCUT2D eigenvalue weighted by Crippen LogP contribution is 2.10. The second kappa shape index (κ2) is 6.21. The normalized spacial score (nSPS) is 11.9. The average Bonchev–Trinajstić information content (AvgIpc) is 2.78. The summed E-state index contributed by atoms with van der Waals surface area (Å²) >= 11 is 0. The number of carboxylic acid groups (broad SMARTS) is 1. The Morgan fingerprint density at radius 2 is 1.95 bits per heavy atom. The molecule has 2 rings (SSSR count). The van der Waals surface area contributed by atoms with Crippen LogP contribution in [-0.2, 0) is 11.2 Å². The molecule has 1 amide bonds. The Labute approximate surface area is 122 Å². The Bertz CT molecular complexity index is 630. The third-order valence-electron chi connectivity index (χ3n) is 3.24. The number of nitrogens with zero attached hydrogens (tertiary/aromatic N) is 1. The van der Waals surface area contributed by atoms with Crippen LogP contribution in [0.1, 0.15) is 27.3 Å². The Kier molecular flexibility index (Phi) is 4.37. The van der Waals surface area contributed by atoms with Crippen LogP contribution in [0.2, 0.25) is 0 Å². The maximum atomic E-state index is 12.2. The van der Waals surface area contributed by atoms with E-state index in [1.165, 1.54) is 0 Å². The molecule has 6 heteroatoms. The third kappa shape index (κ3) is 3.47. The Morgan fingerprint density at radius 3 is 2.48 bits per heavy atom. The van der Waals surface area contributed by atoms with Crippen molar-refractivity contribution >= 4 is 11.9 Å². The molecule has 21 heavy (non-hydrogen) atoms. The van der Waals surface area contributed by atoms with E-state index in [-0.39, 0.29) is 6.42 Å². The number of aryl methyl sites for hydroxylation is 2. The molecule has 0 fully saturated rings. The third-order valence-corrected chi connectivity index (χ3v) is 3.24. The molecule has 0 saturated heterocycles. The maximum Gasteiger partial charge on any atom is 0.326 e. The zero-order valence-electron chi connectivity index (χ0n) is 11.9. The van der Waals surface area contributed by atoms with E-state index in [2.05, 4.69) is 15.5 Å². The number of aromatic amines is 1. The lowest BCUT2D eigenvalue weighted by atomic mass is 10.1. The smallest absolute Gasteiger partial charge is 0.326 e. The van der Waals surface area contributed by atoms with Crippen LogP contribution in [0.15, 0.2) is 30.3 Å². The molecule has 1 unspecified atom stereocenters. The fourth-order valence-electron chi connectivity index (χ4n) is 2.17. The van der Waals surface area contributed by atoms with Gasteiger partial charge in [0.1, 0.15) is 6.04 Å². The van der Waals surface area contributed by atoms with Gasteiger partial charge in [-0.1, -0.05) is 30.3 Å². The first-order valence-corrected chi connectivity index (χ1v) is 6.58. The highest BCUT2D eigenvalue weighted by Gasteiger charge is 2.23. The van der Waals surface area contributed by atoms with Gasteiger partial charge >= 0.3 is 5.97 Å². The van der Waals surface area contributed by atoms with Crippen LogP contribution in [-0.4, -0.2) is 33.2 Å². The summed E-state index contributed by atoms with van der Waals surface area (Å²) in [6.45, 7) is 3.42. The van der Waals surface area contributed by atoms with Crippen LogP contribution < -0.4 is 5.32 Å². The van der Waals surface area contributed by atoms with Crippen LogP contribution >= 0.6 is 0 Å². The molecule has 2 aromatic rings. The molecule has 1 atom stereocenters. The zero-order valence-corrected chi connectivity index (χ0v) is 11.9. The van der Waals surface area contributed by atoms with E-state index in [1.54, 1.807) is 13.8 Å². The molecular weight excluding hydrogens is 270 g/mol. The molecule has 0 radical (unpaired) electrons. The van der Waals surface area contributed by atoms with E-state index in [1.807, 2.05) is 30.3 Å². The first-order chi connectivity index (χ1) is 9.99. The fraction of sp³-hybridized carbons (Fsp3) is 0.267. The summed E-state index contributed by atoms with van der Waals surface area (Å²) in [5.41, 5.74) is 2.42. The van der Waals surface area contributed by atoms with Crippen molar-refractivity contribution in [3.8, 4) is 0 Å². The van der Waals surface area contributed by atoms with Gasteiger partial charge in [-0.15, -0.1) is 0 Å². The summed E-state index contributed by atoms with van der Waals surface area (Å²) in [4.78, 5) is 23.6. The van der Waals surface area contributed by atoms with Gasteiger partial charge in [0.05, 0.1) is 11.3 Å². The van der Waals surface area contributed by atoms with Gasteiger partial charge < -0.3 is 10.4 Å². The minimum Gasteiger partial charge on any atom is -0.480 e. The van der Waals surface area contributed by atoms with Gasteiger partial charge in [-0.3, -0.25) is 9.89 Å². The van der Waals surface area contributed by atoms with Crippen LogP contribution in [0, 0.1) is 13.8 Å². The molecule has 0 bridgehead atoms. The van der Waals surface area contributed by atoms with Crippen molar-refractivity contribution in [2.24, 2.45) is 0 Å². The molecule has 1 heterocycles. The Balaban J connectivity index is 2.14. The fourth-order valence-corrected chi connectivity index (χ4v) is 2.17. The maximum absolute atomic E-state index is 12.2. The number of carbonyl (C=O) groups excluding carboxylic acids is 1. The van der Waals surface area contributed by atoms with Gasteiger partial charge in [0.2, 0.25) is 0 Å². The summed E-state index contributed by atoms with van der Waals surface area (Å²) in [6, 6.07) is 8.21. The van der Waals surface area contributed by atoms with Gasteiger partial charge in [-0.05, 0) is 19.4 Å². The van der Waals surface area contributed by atoms with E-state index in [9.17, 15) is 14.7 Å². The van der Waals surface area contributed by atoms with Crippen molar-refractivity contribution < 1.29 is 14.7 Å². The number of aromatic nitrogens is 2. The monoisotopic (exact) mass is 287 g/mol. The van der Waals surface area contributed by atoms with E-state index < -0.39 is 17.9 Å². The number of benzene rings is 1. The SMILES string of the molecule is Cc1n[nH]c(C)c1C(=O)NC(Cc1ccccc1)C(=O)O. The molecule has 0 aliphatic heterocycles. The average molecular weight is 287 g/mol. The number of carbonyl (C=O) groups is 2. The van der Waals surface area contributed by atoms with Crippen LogP contribution in [0.25, 0.3) is 0 Å². The lowest BCUT2D eigenvalue weighted by molar-refractivity contribution is -0.139. The van der Waals surface area contributed by atoms with Crippen molar-refractivity contribution in [1.82, 2.24) is 15.5 Å². The molecule has 0 saturated carbocycles. The molecule has 110 valence electrons. The van der Waals surface area contributed by atoms with Crippen molar-refractivity contribution in [1.29, 1.82) is 0 Å². The standard InChI is InChI=1S/C15H17N3O3/c1-9-13(10(2)18-17-9)14(19)16-12(15(20)21)8-11-6-4-3-5-7-11/h3-7,12H,8H2,1-2H3,(H,16,19)(H,17,18)(H,20,21). The first kappa shape index (κ1) is 14.8. The van der Waals surface area contributed by atoms with Gasteiger partial charge in [0, 0.05) is 12.1 Å². The van der Waals surface area contributed by atoms with E-state index in [0.717, 1.165) is 5.56 Å². The quantitative estimate of drug-likeness (QED) is 0.775. The molecule has 1 aromatic carbocycles. The van der Waals surface area contributed by atoms with E-state index in [4.69, 9.17) is 0 Å². The molecular formula is C15H17N3O3. The number of amides is 1. The summed E-state index contributed by atoms with van der Waals surface area (Å²) in [6.07, 6.45) is 0.234. The predicted molar refractivity (Wildman–Crippen MR) is 77.1 cm³/mol.